The van der Waals surface area contributed by atoms with Crippen molar-refractivity contribution in [2.45, 2.75) is 12.3 Å². The summed E-state index contributed by atoms with van der Waals surface area (Å²) in [6.45, 7) is 2.20. The van der Waals surface area contributed by atoms with E-state index in [1.165, 1.54) is 0 Å². The van der Waals surface area contributed by atoms with Gasteiger partial charge >= 0.3 is 0 Å². The Hall–Kier alpha value is -1.51. The quantitative estimate of drug-likeness (QED) is 0.836. The van der Waals surface area contributed by atoms with Gasteiger partial charge in [-0.3, -0.25) is 4.79 Å². The molecule has 1 unspecified atom stereocenters. The Bertz CT molecular complexity index is 599. The number of carbonyl (C=O) groups excluding carboxylic acids is 1. The molecule has 0 bridgehead atoms. The van der Waals surface area contributed by atoms with Gasteiger partial charge in [0.2, 0.25) is 0 Å². The molecule has 0 aliphatic rings. The van der Waals surface area contributed by atoms with E-state index < -0.39 is 0 Å². The van der Waals surface area contributed by atoms with Crippen LogP contribution in [0.2, 0.25) is 5.02 Å². The summed E-state index contributed by atoms with van der Waals surface area (Å²) in [5, 5.41) is 3.17. The van der Waals surface area contributed by atoms with Crippen LogP contribution < -0.4 is 5.32 Å². The minimum atomic E-state index is -0.250. The zero-order valence-corrected chi connectivity index (χ0v) is 12.6. The van der Waals surface area contributed by atoms with Gasteiger partial charge in [0.25, 0.3) is 5.91 Å². The molecule has 0 aromatic heterocycles. The van der Waals surface area contributed by atoms with Gasteiger partial charge in [-0.2, -0.15) is 0 Å². The zero-order valence-electron chi connectivity index (χ0n) is 11.1. The molecule has 2 aromatic rings. The third kappa shape index (κ3) is 3.53. The Balaban J connectivity index is 2.01. The van der Waals surface area contributed by atoms with Crippen LogP contribution in [0.25, 0.3) is 0 Å². The summed E-state index contributed by atoms with van der Waals surface area (Å²) in [4.78, 5) is 12.1. The number of rotatable bonds is 4. The Kier molecular flexibility index (Phi) is 5.05. The van der Waals surface area contributed by atoms with Crippen LogP contribution in [-0.4, -0.2) is 12.5 Å². The lowest BCUT2D eigenvalue weighted by molar-refractivity contribution is 0.0953. The second-order valence-corrected chi connectivity index (χ2v) is 5.43. The van der Waals surface area contributed by atoms with Gasteiger partial charge in [0, 0.05) is 17.1 Å². The van der Waals surface area contributed by atoms with E-state index in [-0.39, 0.29) is 11.3 Å². The molecule has 2 nitrogen and oxygen atoms in total. The Morgan fingerprint density at radius 1 is 1.15 bits per heavy atom. The van der Waals surface area contributed by atoms with Crippen LogP contribution in [0.3, 0.4) is 0 Å². The standard InChI is InChI=1S/C16H15Cl2NO/c1-11-13(8-5-9-14(11)17)16(20)19-10-15(18)12-6-3-2-4-7-12/h2-9,15H,10H2,1H3,(H,19,20). The smallest absolute Gasteiger partial charge is 0.251 e. The van der Waals surface area contributed by atoms with Crippen molar-refractivity contribution in [3.05, 3.63) is 70.2 Å². The molecule has 0 spiro atoms. The minimum absolute atomic E-state index is 0.161. The maximum atomic E-state index is 12.1. The van der Waals surface area contributed by atoms with Crippen molar-refractivity contribution in [1.29, 1.82) is 0 Å². The molecule has 0 fully saturated rings. The molecule has 0 heterocycles. The number of amides is 1. The summed E-state index contributed by atoms with van der Waals surface area (Å²) in [6.07, 6.45) is 0. The first-order valence-corrected chi connectivity index (χ1v) is 7.13. The van der Waals surface area contributed by atoms with Crippen molar-refractivity contribution in [2.24, 2.45) is 0 Å². The fourth-order valence-electron chi connectivity index (χ4n) is 1.91. The molecule has 0 saturated carbocycles. The van der Waals surface area contributed by atoms with E-state index in [1.807, 2.05) is 37.3 Å². The highest BCUT2D eigenvalue weighted by Gasteiger charge is 2.13. The van der Waals surface area contributed by atoms with E-state index in [0.29, 0.717) is 17.1 Å². The summed E-state index contributed by atoms with van der Waals surface area (Å²) in [7, 11) is 0. The van der Waals surface area contributed by atoms with Gasteiger partial charge in [0.05, 0.1) is 5.38 Å². The molecule has 0 aliphatic heterocycles. The van der Waals surface area contributed by atoms with E-state index in [1.54, 1.807) is 18.2 Å². The lowest BCUT2D eigenvalue weighted by atomic mass is 10.1. The van der Waals surface area contributed by atoms with E-state index in [0.717, 1.165) is 11.1 Å². The molecule has 0 radical (unpaired) electrons. The van der Waals surface area contributed by atoms with Gasteiger partial charge in [-0.1, -0.05) is 48.0 Å². The molecule has 0 aliphatic carbocycles. The predicted octanol–water partition coefficient (Wildman–Crippen LogP) is 4.36. The summed E-state index contributed by atoms with van der Waals surface area (Å²) >= 11 is 12.3. The van der Waals surface area contributed by atoms with Crippen molar-refractivity contribution in [1.82, 2.24) is 5.32 Å². The van der Waals surface area contributed by atoms with Gasteiger partial charge in [-0.25, -0.2) is 0 Å². The highest BCUT2D eigenvalue weighted by molar-refractivity contribution is 6.31. The maximum Gasteiger partial charge on any atom is 0.251 e. The Morgan fingerprint density at radius 3 is 2.55 bits per heavy atom. The Morgan fingerprint density at radius 2 is 1.85 bits per heavy atom. The second-order valence-electron chi connectivity index (χ2n) is 4.50. The summed E-state index contributed by atoms with van der Waals surface area (Å²) in [5.41, 5.74) is 2.34. The number of nitrogens with one attached hydrogen (secondary N) is 1. The van der Waals surface area contributed by atoms with Crippen molar-refractivity contribution in [3.8, 4) is 0 Å². The van der Waals surface area contributed by atoms with Gasteiger partial charge in [0.1, 0.15) is 0 Å². The fourth-order valence-corrected chi connectivity index (χ4v) is 2.31. The molecule has 20 heavy (non-hydrogen) atoms. The predicted molar refractivity (Wildman–Crippen MR) is 83.6 cm³/mol. The number of benzene rings is 2. The molecule has 2 aromatic carbocycles. The molecule has 1 N–H and O–H groups in total. The van der Waals surface area contributed by atoms with Crippen LogP contribution >= 0.6 is 23.2 Å². The van der Waals surface area contributed by atoms with Crippen molar-refractivity contribution >= 4 is 29.1 Å². The molecule has 0 saturated heterocycles. The monoisotopic (exact) mass is 307 g/mol. The third-order valence-corrected chi connectivity index (χ3v) is 3.93. The average molecular weight is 308 g/mol. The fraction of sp³-hybridized carbons (Fsp3) is 0.188. The maximum absolute atomic E-state index is 12.1. The van der Waals surface area contributed by atoms with Gasteiger partial charge in [-0.15, -0.1) is 11.6 Å². The largest absolute Gasteiger partial charge is 0.350 e. The normalized spacial score (nSPS) is 11.9. The van der Waals surface area contributed by atoms with Gasteiger partial charge in [-0.05, 0) is 30.2 Å². The molecule has 1 amide bonds. The number of carbonyl (C=O) groups is 1. The first-order chi connectivity index (χ1) is 9.59. The number of hydrogen-bond acceptors (Lipinski definition) is 1. The van der Waals surface area contributed by atoms with Crippen molar-refractivity contribution in [3.63, 3.8) is 0 Å². The van der Waals surface area contributed by atoms with Crippen molar-refractivity contribution < 1.29 is 4.79 Å². The van der Waals surface area contributed by atoms with E-state index in [9.17, 15) is 4.79 Å². The number of halogens is 2. The van der Waals surface area contributed by atoms with E-state index >= 15 is 0 Å². The van der Waals surface area contributed by atoms with E-state index in [2.05, 4.69) is 5.32 Å². The second kappa shape index (κ2) is 6.78. The van der Waals surface area contributed by atoms with Crippen LogP contribution in [0.1, 0.15) is 26.9 Å². The first-order valence-electron chi connectivity index (χ1n) is 6.32. The number of alkyl halides is 1. The average Bonchev–Trinajstić information content (AvgIpc) is 2.48. The minimum Gasteiger partial charge on any atom is -0.350 e. The van der Waals surface area contributed by atoms with Crippen LogP contribution in [0.15, 0.2) is 48.5 Å². The highest BCUT2D eigenvalue weighted by Crippen LogP contribution is 2.20. The van der Waals surface area contributed by atoms with Crippen LogP contribution in [0, 0.1) is 6.92 Å². The van der Waals surface area contributed by atoms with Crippen LogP contribution in [0.4, 0.5) is 0 Å². The SMILES string of the molecule is Cc1c(Cl)cccc1C(=O)NCC(Cl)c1ccccc1. The first kappa shape index (κ1) is 14.9. The lowest BCUT2D eigenvalue weighted by Gasteiger charge is -2.12. The summed E-state index contributed by atoms with van der Waals surface area (Å²) in [6, 6.07) is 14.9. The zero-order chi connectivity index (χ0) is 14.5. The Labute approximate surface area is 128 Å². The highest BCUT2D eigenvalue weighted by atomic mass is 35.5. The molecular weight excluding hydrogens is 293 g/mol. The van der Waals surface area contributed by atoms with E-state index in [4.69, 9.17) is 23.2 Å². The van der Waals surface area contributed by atoms with Crippen LogP contribution in [0.5, 0.6) is 0 Å². The third-order valence-electron chi connectivity index (χ3n) is 3.12. The molecule has 104 valence electrons. The van der Waals surface area contributed by atoms with Gasteiger partial charge < -0.3 is 5.32 Å². The van der Waals surface area contributed by atoms with Crippen molar-refractivity contribution in [2.75, 3.05) is 6.54 Å². The molecule has 4 heteroatoms. The van der Waals surface area contributed by atoms with Gasteiger partial charge in [0.15, 0.2) is 0 Å². The summed E-state index contributed by atoms with van der Waals surface area (Å²) < 4.78 is 0. The number of hydrogen-bond donors (Lipinski definition) is 1. The molecule has 1 atom stereocenters. The van der Waals surface area contributed by atoms with Crippen LogP contribution in [-0.2, 0) is 0 Å². The lowest BCUT2D eigenvalue weighted by Crippen LogP contribution is -2.27. The molecular formula is C16H15Cl2NO. The molecule has 2 rings (SSSR count). The topological polar surface area (TPSA) is 29.1 Å². The summed E-state index contributed by atoms with van der Waals surface area (Å²) in [5.74, 6) is -0.161.